The molecule has 1 heterocycles. The number of unbranched alkanes of at least 4 members (excludes halogenated alkanes) is 1. The Hall–Kier alpha value is -1.60. The second kappa shape index (κ2) is 10.1. The molecule has 2 rings (SSSR count). The van der Waals surface area contributed by atoms with E-state index in [-0.39, 0.29) is 30.2 Å². The van der Waals surface area contributed by atoms with Gasteiger partial charge >= 0.3 is 0 Å². The molecule has 0 spiro atoms. The van der Waals surface area contributed by atoms with Gasteiger partial charge in [0.2, 0.25) is 15.9 Å². The Balaban J connectivity index is 1.93. The lowest BCUT2D eigenvalue weighted by Gasteiger charge is -2.31. The number of benzene rings is 1. The van der Waals surface area contributed by atoms with Crippen LogP contribution >= 0.6 is 0 Å². The molecule has 0 aromatic heterocycles. The van der Waals surface area contributed by atoms with Crippen molar-refractivity contribution in [1.82, 2.24) is 4.31 Å². The summed E-state index contributed by atoms with van der Waals surface area (Å²) in [7, 11) is -3.27. The van der Waals surface area contributed by atoms with Crippen LogP contribution in [0.1, 0.15) is 52.9 Å². The second-order valence-corrected chi connectivity index (χ2v) is 9.31. The number of nitrogens with one attached hydrogen (secondary N) is 1. The minimum atomic E-state index is -3.27. The van der Waals surface area contributed by atoms with E-state index in [0.717, 1.165) is 18.6 Å². The number of ether oxygens (including phenoxy) is 1. The smallest absolute Gasteiger partial charge is 0.228 e. The molecule has 1 aromatic carbocycles. The molecular formula is C20H32N2O4S. The van der Waals surface area contributed by atoms with Crippen LogP contribution in [0.5, 0.6) is 5.75 Å². The summed E-state index contributed by atoms with van der Waals surface area (Å²) in [5.41, 5.74) is 0.697. The minimum Gasteiger partial charge on any atom is -0.491 e. The zero-order valence-corrected chi connectivity index (χ0v) is 17.4. The molecule has 0 saturated carbocycles. The van der Waals surface area contributed by atoms with Gasteiger partial charge in [0.1, 0.15) is 5.75 Å². The van der Waals surface area contributed by atoms with Crippen LogP contribution in [-0.2, 0) is 14.8 Å². The predicted molar refractivity (Wildman–Crippen MR) is 108 cm³/mol. The van der Waals surface area contributed by atoms with Gasteiger partial charge in [0.25, 0.3) is 0 Å². The number of hydrogen-bond donors (Lipinski definition) is 1. The lowest BCUT2D eigenvalue weighted by Crippen LogP contribution is -2.44. The SMILES string of the molecule is CCCCS(=O)(=O)N1CCC[C@@H](C(=O)Nc2ccc(OC(C)CC)cc2)C1. The lowest BCUT2D eigenvalue weighted by molar-refractivity contribution is -0.120. The molecule has 6 nitrogen and oxygen atoms in total. The summed E-state index contributed by atoms with van der Waals surface area (Å²) in [6.45, 7) is 6.83. The van der Waals surface area contributed by atoms with Gasteiger partial charge in [-0.15, -0.1) is 0 Å². The summed E-state index contributed by atoms with van der Waals surface area (Å²) in [6, 6.07) is 7.30. The first-order valence-electron chi connectivity index (χ1n) is 9.91. The summed E-state index contributed by atoms with van der Waals surface area (Å²) in [4.78, 5) is 12.6. The van der Waals surface area contributed by atoms with Crippen LogP contribution in [0.3, 0.4) is 0 Å². The topological polar surface area (TPSA) is 75.7 Å². The average molecular weight is 397 g/mol. The number of rotatable bonds is 9. The van der Waals surface area contributed by atoms with Crippen LogP contribution in [0.25, 0.3) is 0 Å². The molecule has 0 radical (unpaired) electrons. The third-order valence-corrected chi connectivity index (χ3v) is 6.86. The van der Waals surface area contributed by atoms with Crippen LogP contribution in [0, 0.1) is 5.92 Å². The molecule has 1 saturated heterocycles. The summed E-state index contributed by atoms with van der Waals surface area (Å²) < 4.78 is 32.0. The van der Waals surface area contributed by atoms with Gasteiger partial charge in [-0.05, 0) is 56.9 Å². The maximum absolute atomic E-state index is 12.6. The predicted octanol–water partition coefficient (Wildman–Crippen LogP) is 3.64. The molecule has 0 aliphatic carbocycles. The molecule has 1 aliphatic heterocycles. The van der Waals surface area contributed by atoms with E-state index in [1.54, 1.807) is 0 Å². The fourth-order valence-corrected chi connectivity index (χ4v) is 4.77. The van der Waals surface area contributed by atoms with E-state index in [0.29, 0.717) is 31.5 Å². The first-order chi connectivity index (χ1) is 12.9. The quantitative estimate of drug-likeness (QED) is 0.691. The van der Waals surface area contributed by atoms with Gasteiger partial charge in [0, 0.05) is 18.8 Å². The molecule has 27 heavy (non-hydrogen) atoms. The van der Waals surface area contributed by atoms with Gasteiger partial charge in [0.15, 0.2) is 0 Å². The average Bonchev–Trinajstić information content (AvgIpc) is 2.68. The Bertz CT molecular complexity index is 703. The highest BCUT2D eigenvalue weighted by atomic mass is 32.2. The summed E-state index contributed by atoms with van der Waals surface area (Å²) in [5, 5.41) is 2.91. The van der Waals surface area contributed by atoms with Gasteiger partial charge < -0.3 is 10.1 Å². The third-order valence-electron chi connectivity index (χ3n) is 4.94. The van der Waals surface area contributed by atoms with Crippen molar-refractivity contribution in [2.45, 2.75) is 59.0 Å². The number of carbonyl (C=O) groups excluding carboxylic acids is 1. The van der Waals surface area contributed by atoms with E-state index in [2.05, 4.69) is 12.2 Å². The lowest BCUT2D eigenvalue weighted by atomic mass is 9.99. The molecule has 1 fully saturated rings. The number of piperidine rings is 1. The Morgan fingerprint density at radius 2 is 2.00 bits per heavy atom. The van der Waals surface area contributed by atoms with Crippen molar-refractivity contribution in [3.63, 3.8) is 0 Å². The standard InChI is InChI=1S/C20H32N2O4S/c1-4-6-14-27(24,25)22-13-7-8-17(15-22)20(23)21-18-9-11-19(12-10-18)26-16(3)5-2/h9-12,16-17H,4-8,13-15H2,1-3H3,(H,21,23)/t16?,17-/m1/s1. The van der Waals surface area contributed by atoms with Crippen LogP contribution in [0.2, 0.25) is 0 Å². The molecule has 1 aromatic rings. The number of amides is 1. The number of anilines is 1. The van der Waals surface area contributed by atoms with E-state index in [9.17, 15) is 13.2 Å². The summed E-state index contributed by atoms with van der Waals surface area (Å²) in [6.07, 6.45) is 3.99. The van der Waals surface area contributed by atoms with E-state index in [1.807, 2.05) is 38.1 Å². The van der Waals surface area contributed by atoms with Gasteiger partial charge in [-0.1, -0.05) is 20.3 Å². The van der Waals surface area contributed by atoms with Crippen LogP contribution in [-0.4, -0.2) is 43.6 Å². The van der Waals surface area contributed by atoms with Gasteiger partial charge in [-0.25, -0.2) is 12.7 Å². The number of nitrogens with zero attached hydrogens (tertiary/aromatic N) is 1. The van der Waals surface area contributed by atoms with E-state index in [1.165, 1.54) is 4.31 Å². The molecule has 7 heteroatoms. The van der Waals surface area contributed by atoms with E-state index < -0.39 is 10.0 Å². The fraction of sp³-hybridized carbons (Fsp3) is 0.650. The van der Waals surface area contributed by atoms with Crippen LogP contribution in [0.15, 0.2) is 24.3 Å². The number of sulfonamides is 1. The van der Waals surface area contributed by atoms with E-state index >= 15 is 0 Å². The maximum atomic E-state index is 12.6. The molecule has 1 aliphatic rings. The normalized spacial score (nSPS) is 19.4. The Morgan fingerprint density at radius 1 is 1.30 bits per heavy atom. The van der Waals surface area contributed by atoms with Crippen LogP contribution in [0.4, 0.5) is 5.69 Å². The number of carbonyl (C=O) groups is 1. The Kier molecular flexibility index (Phi) is 8.10. The first-order valence-corrected chi connectivity index (χ1v) is 11.5. The molecule has 1 N–H and O–H groups in total. The van der Waals surface area contributed by atoms with Crippen molar-refractivity contribution < 1.29 is 17.9 Å². The second-order valence-electron chi connectivity index (χ2n) is 7.22. The van der Waals surface area contributed by atoms with Crippen molar-refractivity contribution in [2.24, 2.45) is 5.92 Å². The molecule has 1 unspecified atom stereocenters. The zero-order chi connectivity index (χ0) is 19.9. The van der Waals surface area contributed by atoms with Crippen molar-refractivity contribution in [2.75, 3.05) is 24.2 Å². The summed E-state index contributed by atoms with van der Waals surface area (Å²) >= 11 is 0. The van der Waals surface area contributed by atoms with Gasteiger partial charge in [0.05, 0.1) is 17.8 Å². The third kappa shape index (κ3) is 6.50. The molecule has 152 valence electrons. The van der Waals surface area contributed by atoms with Gasteiger partial charge in [-0.2, -0.15) is 0 Å². The fourth-order valence-electron chi connectivity index (χ4n) is 3.04. The van der Waals surface area contributed by atoms with E-state index in [4.69, 9.17) is 4.74 Å². The summed E-state index contributed by atoms with van der Waals surface area (Å²) in [5.74, 6) is 0.496. The molecule has 1 amide bonds. The Morgan fingerprint density at radius 3 is 2.63 bits per heavy atom. The monoisotopic (exact) mass is 396 g/mol. The highest BCUT2D eigenvalue weighted by molar-refractivity contribution is 7.89. The molecular weight excluding hydrogens is 364 g/mol. The van der Waals surface area contributed by atoms with Crippen LogP contribution < -0.4 is 10.1 Å². The van der Waals surface area contributed by atoms with Crippen molar-refractivity contribution in [1.29, 1.82) is 0 Å². The van der Waals surface area contributed by atoms with Crippen molar-refractivity contribution in [3.05, 3.63) is 24.3 Å². The first kappa shape index (κ1) is 21.7. The van der Waals surface area contributed by atoms with Gasteiger partial charge in [-0.3, -0.25) is 4.79 Å². The van der Waals surface area contributed by atoms with Crippen molar-refractivity contribution in [3.8, 4) is 5.75 Å². The highest BCUT2D eigenvalue weighted by Crippen LogP contribution is 2.23. The molecule has 2 atom stereocenters. The number of hydrogen-bond acceptors (Lipinski definition) is 4. The maximum Gasteiger partial charge on any atom is 0.228 e. The highest BCUT2D eigenvalue weighted by Gasteiger charge is 2.31. The van der Waals surface area contributed by atoms with Crippen molar-refractivity contribution >= 4 is 21.6 Å². The largest absolute Gasteiger partial charge is 0.491 e. The Labute approximate surface area is 163 Å². The minimum absolute atomic E-state index is 0.124. The zero-order valence-electron chi connectivity index (χ0n) is 16.6. The molecule has 0 bridgehead atoms.